The van der Waals surface area contributed by atoms with Crippen LogP contribution in [0.4, 0.5) is 0 Å². The largest absolute Gasteiger partial charge is 0.376 e. The van der Waals surface area contributed by atoms with Gasteiger partial charge in [0.05, 0.1) is 11.3 Å². The Labute approximate surface area is 99.2 Å². The van der Waals surface area contributed by atoms with Crippen molar-refractivity contribution in [2.24, 2.45) is 5.16 Å². The zero-order chi connectivity index (χ0) is 12.5. The molecule has 6 heteroatoms. The zero-order valence-electron chi connectivity index (χ0n) is 9.12. The number of rotatable bonds is 1. The average molecular weight is 250 g/mol. The number of benzene rings is 1. The van der Waals surface area contributed by atoms with Gasteiger partial charge in [-0.3, -0.25) is 0 Å². The monoisotopic (exact) mass is 250 g/mol. The van der Waals surface area contributed by atoms with Crippen LogP contribution in [-0.4, -0.2) is 19.6 Å². The van der Waals surface area contributed by atoms with Crippen molar-refractivity contribution in [1.82, 2.24) is 0 Å². The van der Waals surface area contributed by atoms with Gasteiger partial charge in [0.2, 0.25) is 15.9 Å². The second kappa shape index (κ2) is 4.18. The van der Waals surface area contributed by atoms with E-state index in [1.807, 2.05) is 13.0 Å². The van der Waals surface area contributed by atoms with E-state index in [0.29, 0.717) is 0 Å². The lowest BCUT2D eigenvalue weighted by Gasteiger charge is -2.02. The summed E-state index contributed by atoms with van der Waals surface area (Å²) in [5.74, 6) is 0. The fourth-order valence-electron chi connectivity index (χ4n) is 1.44. The van der Waals surface area contributed by atoms with E-state index >= 15 is 0 Å². The van der Waals surface area contributed by atoms with Gasteiger partial charge in [0.25, 0.3) is 0 Å². The predicted octanol–water partition coefficient (Wildman–Crippen LogP) is 1.39. The van der Waals surface area contributed by atoms with Crippen molar-refractivity contribution in [3.8, 4) is 6.07 Å². The van der Waals surface area contributed by atoms with E-state index in [1.54, 1.807) is 12.1 Å². The summed E-state index contributed by atoms with van der Waals surface area (Å²) in [4.78, 5) is 4.86. The van der Waals surface area contributed by atoms with Crippen molar-refractivity contribution in [3.63, 3.8) is 0 Å². The summed E-state index contributed by atoms with van der Waals surface area (Å²) in [6.45, 7) is 1.87. The molecule has 0 fully saturated rings. The van der Waals surface area contributed by atoms with Crippen molar-refractivity contribution in [2.45, 2.75) is 24.3 Å². The molecule has 0 amide bonds. The summed E-state index contributed by atoms with van der Waals surface area (Å²) in [6, 6.07) is 8.29. The first-order valence-electron chi connectivity index (χ1n) is 4.98. The topological polar surface area (TPSA) is 79.5 Å². The number of nitriles is 1. The highest BCUT2D eigenvalue weighted by Crippen LogP contribution is 2.20. The third-order valence-corrected chi connectivity index (χ3v) is 4.18. The Hall–Kier alpha value is -1.87. The van der Waals surface area contributed by atoms with Gasteiger partial charge in [0.15, 0.2) is 5.04 Å². The first-order valence-corrected chi connectivity index (χ1v) is 6.46. The second-order valence-corrected chi connectivity index (χ2v) is 5.68. The summed E-state index contributed by atoms with van der Waals surface area (Å²) in [6.07, 6.45) is -0.794. The fourth-order valence-corrected chi connectivity index (χ4v) is 2.72. The average Bonchev–Trinajstić information content (AvgIpc) is 2.78. The van der Waals surface area contributed by atoms with Crippen LogP contribution in [0.5, 0.6) is 0 Å². The molecular formula is C11H10N2O3S. The second-order valence-electron chi connectivity index (χ2n) is 3.73. The van der Waals surface area contributed by atoms with Crippen LogP contribution >= 0.6 is 0 Å². The van der Waals surface area contributed by atoms with Crippen LogP contribution in [0.15, 0.2) is 34.3 Å². The molecule has 1 aliphatic heterocycles. The van der Waals surface area contributed by atoms with Gasteiger partial charge < -0.3 is 4.84 Å². The molecule has 0 bridgehead atoms. The van der Waals surface area contributed by atoms with Crippen LogP contribution in [0.2, 0.25) is 0 Å². The van der Waals surface area contributed by atoms with E-state index in [9.17, 15) is 8.42 Å². The lowest BCUT2D eigenvalue weighted by atomic mass is 10.2. The molecule has 1 aliphatic rings. The summed E-state index contributed by atoms with van der Waals surface area (Å²) in [5.41, 5.74) is 0.975. The summed E-state index contributed by atoms with van der Waals surface area (Å²) in [7, 11) is -3.62. The van der Waals surface area contributed by atoms with Crippen LogP contribution < -0.4 is 0 Å². The molecule has 0 saturated heterocycles. The van der Waals surface area contributed by atoms with Gasteiger partial charge in [-0.05, 0) is 19.1 Å². The molecule has 0 saturated carbocycles. The van der Waals surface area contributed by atoms with Gasteiger partial charge in [-0.25, -0.2) is 8.42 Å². The van der Waals surface area contributed by atoms with E-state index in [1.165, 1.54) is 12.1 Å². The SMILES string of the molecule is Cc1ccc(S(=O)(=O)C2=NOC(C#N)C2)cc1. The minimum absolute atomic E-state index is 0.00666. The van der Waals surface area contributed by atoms with E-state index < -0.39 is 15.9 Å². The highest BCUT2D eigenvalue weighted by Gasteiger charge is 2.31. The molecule has 2 rings (SSSR count). The maximum Gasteiger partial charge on any atom is 0.223 e. The number of hydrogen-bond acceptors (Lipinski definition) is 5. The number of oxime groups is 1. The molecule has 88 valence electrons. The molecule has 0 aromatic heterocycles. The van der Waals surface area contributed by atoms with Gasteiger partial charge in [0.1, 0.15) is 6.07 Å². The summed E-state index contributed by atoms with van der Waals surface area (Å²) in [5, 5.41) is 12.0. The van der Waals surface area contributed by atoms with Gasteiger partial charge in [-0.15, -0.1) is 0 Å². The first-order chi connectivity index (χ1) is 8.04. The van der Waals surface area contributed by atoms with Gasteiger partial charge in [-0.2, -0.15) is 5.26 Å². The Morgan fingerprint density at radius 2 is 2.06 bits per heavy atom. The molecule has 0 aliphatic carbocycles. The molecule has 1 atom stereocenters. The Kier molecular flexibility index (Phi) is 2.86. The molecule has 1 aromatic rings. The van der Waals surface area contributed by atoms with E-state index in [0.717, 1.165) is 5.56 Å². The van der Waals surface area contributed by atoms with Gasteiger partial charge >= 0.3 is 0 Å². The van der Waals surface area contributed by atoms with E-state index in [2.05, 4.69) is 5.16 Å². The molecule has 5 nitrogen and oxygen atoms in total. The first kappa shape index (κ1) is 11.6. The standard InChI is InChI=1S/C11H10N2O3S/c1-8-2-4-10(5-3-8)17(14,15)11-6-9(7-12)16-13-11/h2-5,9H,6H2,1H3. The fraction of sp³-hybridized carbons (Fsp3) is 0.273. The third kappa shape index (κ3) is 2.15. The smallest absolute Gasteiger partial charge is 0.223 e. The van der Waals surface area contributed by atoms with E-state index in [-0.39, 0.29) is 16.4 Å². The maximum absolute atomic E-state index is 12.1. The molecule has 17 heavy (non-hydrogen) atoms. The minimum atomic E-state index is -3.62. The predicted molar refractivity (Wildman–Crippen MR) is 60.9 cm³/mol. The number of sulfone groups is 1. The lowest BCUT2D eigenvalue weighted by Crippen LogP contribution is -2.15. The van der Waals surface area contributed by atoms with Crippen LogP contribution in [0.1, 0.15) is 12.0 Å². The Morgan fingerprint density at radius 1 is 1.41 bits per heavy atom. The number of nitrogens with zero attached hydrogens (tertiary/aromatic N) is 2. The molecule has 1 aromatic carbocycles. The summed E-state index contributed by atoms with van der Waals surface area (Å²) < 4.78 is 24.2. The number of aryl methyl sites for hydroxylation is 1. The lowest BCUT2D eigenvalue weighted by molar-refractivity contribution is 0.125. The van der Waals surface area contributed by atoms with Crippen LogP contribution in [0, 0.1) is 18.3 Å². The maximum atomic E-state index is 12.1. The van der Waals surface area contributed by atoms with Crippen LogP contribution in [0.25, 0.3) is 0 Å². The Balaban J connectivity index is 2.33. The zero-order valence-corrected chi connectivity index (χ0v) is 9.94. The Bertz CT molecular complexity index is 597. The molecular weight excluding hydrogens is 240 g/mol. The molecule has 0 radical (unpaired) electrons. The van der Waals surface area contributed by atoms with Crippen LogP contribution in [-0.2, 0) is 14.7 Å². The van der Waals surface area contributed by atoms with E-state index in [4.69, 9.17) is 10.1 Å². The van der Waals surface area contributed by atoms with Gasteiger partial charge in [0, 0.05) is 0 Å². The Morgan fingerprint density at radius 3 is 2.59 bits per heavy atom. The van der Waals surface area contributed by atoms with Crippen molar-refractivity contribution < 1.29 is 13.3 Å². The normalized spacial score (nSPS) is 19.3. The number of hydrogen-bond donors (Lipinski definition) is 0. The molecule has 1 unspecified atom stereocenters. The quantitative estimate of drug-likeness (QED) is 0.754. The van der Waals surface area contributed by atoms with Crippen molar-refractivity contribution in [3.05, 3.63) is 29.8 Å². The van der Waals surface area contributed by atoms with Gasteiger partial charge in [-0.1, -0.05) is 22.9 Å². The van der Waals surface area contributed by atoms with Crippen LogP contribution in [0.3, 0.4) is 0 Å². The van der Waals surface area contributed by atoms with Crippen molar-refractivity contribution in [2.75, 3.05) is 0 Å². The molecule has 0 N–H and O–H groups in total. The third-order valence-electron chi connectivity index (χ3n) is 2.43. The highest BCUT2D eigenvalue weighted by atomic mass is 32.2. The molecule has 1 heterocycles. The molecule has 0 spiro atoms. The highest BCUT2D eigenvalue weighted by molar-refractivity contribution is 8.06. The van der Waals surface area contributed by atoms with Crippen molar-refractivity contribution >= 4 is 14.9 Å². The minimum Gasteiger partial charge on any atom is -0.376 e. The van der Waals surface area contributed by atoms with Crippen molar-refractivity contribution in [1.29, 1.82) is 5.26 Å². The summed E-state index contributed by atoms with van der Waals surface area (Å²) >= 11 is 0.